The summed E-state index contributed by atoms with van der Waals surface area (Å²) in [4.78, 5) is 28.8. The highest BCUT2D eigenvalue weighted by Crippen LogP contribution is 2.17. The predicted octanol–water partition coefficient (Wildman–Crippen LogP) is 3.12. The Hall–Kier alpha value is -2.69. The molecule has 1 aromatic heterocycles. The van der Waals surface area contributed by atoms with E-state index < -0.39 is 0 Å². The summed E-state index contributed by atoms with van der Waals surface area (Å²) in [6.45, 7) is 0.531. The third kappa shape index (κ3) is 5.15. The average molecular weight is 351 g/mol. The first kappa shape index (κ1) is 18.1. The summed E-state index contributed by atoms with van der Waals surface area (Å²) >= 11 is 0. The molecule has 0 radical (unpaired) electrons. The summed E-state index contributed by atoms with van der Waals surface area (Å²) in [7, 11) is 0. The molecule has 2 aromatic rings. The molecule has 0 spiro atoms. The number of pyridine rings is 1. The van der Waals surface area contributed by atoms with Crippen molar-refractivity contribution < 1.29 is 9.59 Å². The molecule has 1 heterocycles. The fourth-order valence-electron chi connectivity index (χ4n) is 3.27. The molecule has 2 amide bonds. The molecule has 1 fully saturated rings. The van der Waals surface area contributed by atoms with E-state index in [2.05, 4.69) is 15.6 Å². The quantitative estimate of drug-likeness (QED) is 0.840. The molecule has 0 unspecified atom stereocenters. The standard InChI is InChI=1S/C21H25N3O2/c25-20(24-18-9-5-2-6-10-18)17-12-14-22-19(15-17)21(26)23-13-11-16-7-3-1-4-8-16/h1,3-4,7-8,12,14-15,18H,2,5-6,9-11,13H2,(H,23,26)(H,24,25). The summed E-state index contributed by atoms with van der Waals surface area (Å²) in [5.41, 5.74) is 1.93. The van der Waals surface area contributed by atoms with Gasteiger partial charge < -0.3 is 10.6 Å². The van der Waals surface area contributed by atoms with E-state index in [1.807, 2.05) is 30.3 Å². The minimum Gasteiger partial charge on any atom is -0.350 e. The lowest BCUT2D eigenvalue weighted by Crippen LogP contribution is -2.36. The third-order valence-electron chi connectivity index (χ3n) is 4.74. The van der Waals surface area contributed by atoms with Gasteiger partial charge in [-0.1, -0.05) is 49.6 Å². The van der Waals surface area contributed by atoms with Gasteiger partial charge >= 0.3 is 0 Å². The van der Waals surface area contributed by atoms with Crippen molar-refractivity contribution >= 4 is 11.8 Å². The van der Waals surface area contributed by atoms with E-state index in [9.17, 15) is 9.59 Å². The van der Waals surface area contributed by atoms with Gasteiger partial charge in [-0.2, -0.15) is 0 Å². The second-order valence-electron chi connectivity index (χ2n) is 6.73. The monoisotopic (exact) mass is 351 g/mol. The number of aromatic nitrogens is 1. The number of rotatable bonds is 6. The van der Waals surface area contributed by atoms with Gasteiger partial charge in [0.2, 0.25) is 0 Å². The number of hydrogen-bond acceptors (Lipinski definition) is 3. The van der Waals surface area contributed by atoms with E-state index in [0.29, 0.717) is 12.1 Å². The topological polar surface area (TPSA) is 71.1 Å². The molecule has 0 saturated heterocycles. The Kier molecular flexibility index (Phi) is 6.36. The van der Waals surface area contributed by atoms with E-state index in [4.69, 9.17) is 0 Å². The van der Waals surface area contributed by atoms with Crippen molar-refractivity contribution in [2.45, 2.75) is 44.6 Å². The van der Waals surface area contributed by atoms with Crippen molar-refractivity contribution in [2.75, 3.05) is 6.54 Å². The summed E-state index contributed by atoms with van der Waals surface area (Å²) in [5, 5.41) is 5.93. The molecule has 0 bridgehead atoms. The molecule has 0 aliphatic heterocycles. The van der Waals surface area contributed by atoms with E-state index in [-0.39, 0.29) is 23.6 Å². The number of carbonyl (C=O) groups excluding carboxylic acids is 2. The Morgan fingerprint density at radius 2 is 1.77 bits per heavy atom. The molecule has 1 aliphatic carbocycles. The first-order valence-corrected chi connectivity index (χ1v) is 9.31. The zero-order chi connectivity index (χ0) is 18.2. The smallest absolute Gasteiger partial charge is 0.269 e. The Morgan fingerprint density at radius 1 is 1.00 bits per heavy atom. The van der Waals surface area contributed by atoms with Crippen molar-refractivity contribution in [3.63, 3.8) is 0 Å². The zero-order valence-corrected chi connectivity index (χ0v) is 14.9. The minimum atomic E-state index is -0.256. The van der Waals surface area contributed by atoms with Crippen molar-refractivity contribution in [1.82, 2.24) is 15.6 Å². The molecule has 136 valence electrons. The number of carbonyl (C=O) groups is 2. The molecule has 26 heavy (non-hydrogen) atoms. The van der Waals surface area contributed by atoms with Gasteiger partial charge in [0.25, 0.3) is 11.8 Å². The fourth-order valence-corrected chi connectivity index (χ4v) is 3.27. The second-order valence-corrected chi connectivity index (χ2v) is 6.73. The van der Waals surface area contributed by atoms with Gasteiger partial charge in [0.15, 0.2) is 0 Å². The van der Waals surface area contributed by atoms with Crippen LogP contribution in [-0.4, -0.2) is 29.4 Å². The first-order valence-electron chi connectivity index (χ1n) is 9.31. The molecule has 0 atom stereocenters. The first-order chi connectivity index (χ1) is 12.7. The fraction of sp³-hybridized carbons (Fsp3) is 0.381. The normalized spacial score (nSPS) is 14.6. The molecule has 1 saturated carbocycles. The lowest BCUT2D eigenvalue weighted by molar-refractivity contribution is 0.0927. The molecule has 5 nitrogen and oxygen atoms in total. The van der Waals surface area contributed by atoms with Crippen molar-refractivity contribution in [3.05, 3.63) is 65.5 Å². The average Bonchev–Trinajstić information content (AvgIpc) is 2.69. The Balaban J connectivity index is 1.53. The Bertz CT molecular complexity index is 740. The summed E-state index contributed by atoms with van der Waals surface area (Å²) < 4.78 is 0. The van der Waals surface area contributed by atoms with Crippen LogP contribution in [0.3, 0.4) is 0 Å². The van der Waals surface area contributed by atoms with Crippen molar-refractivity contribution in [3.8, 4) is 0 Å². The van der Waals surface area contributed by atoms with E-state index >= 15 is 0 Å². The number of benzene rings is 1. The van der Waals surface area contributed by atoms with Gasteiger partial charge in [-0.05, 0) is 37.0 Å². The molecule has 3 rings (SSSR count). The number of nitrogens with one attached hydrogen (secondary N) is 2. The molecule has 1 aromatic carbocycles. The summed E-state index contributed by atoms with van der Waals surface area (Å²) in [6, 6.07) is 13.4. The predicted molar refractivity (Wildman–Crippen MR) is 101 cm³/mol. The highest BCUT2D eigenvalue weighted by molar-refractivity contribution is 5.98. The maximum atomic E-state index is 12.4. The van der Waals surface area contributed by atoms with Crippen LogP contribution in [-0.2, 0) is 6.42 Å². The van der Waals surface area contributed by atoms with Crippen molar-refractivity contribution in [2.24, 2.45) is 0 Å². The van der Waals surface area contributed by atoms with Crippen LogP contribution in [0.2, 0.25) is 0 Å². The molecular weight excluding hydrogens is 326 g/mol. The van der Waals surface area contributed by atoms with Crippen LogP contribution >= 0.6 is 0 Å². The molecule has 2 N–H and O–H groups in total. The van der Waals surface area contributed by atoms with E-state index in [1.165, 1.54) is 18.2 Å². The lowest BCUT2D eigenvalue weighted by Gasteiger charge is -2.22. The highest BCUT2D eigenvalue weighted by atomic mass is 16.2. The molecular formula is C21H25N3O2. The van der Waals surface area contributed by atoms with Crippen LogP contribution in [0.5, 0.6) is 0 Å². The van der Waals surface area contributed by atoms with Gasteiger partial charge in [0.05, 0.1) is 0 Å². The van der Waals surface area contributed by atoms with Crippen molar-refractivity contribution in [1.29, 1.82) is 0 Å². The second kappa shape index (κ2) is 9.13. The van der Waals surface area contributed by atoms with Crippen LogP contribution < -0.4 is 10.6 Å². The zero-order valence-electron chi connectivity index (χ0n) is 14.9. The van der Waals surface area contributed by atoms with Gasteiger partial charge in [-0.25, -0.2) is 0 Å². The number of amides is 2. The van der Waals surface area contributed by atoms with Gasteiger partial charge in [-0.15, -0.1) is 0 Å². The van der Waals surface area contributed by atoms with E-state index in [1.54, 1.807) is 12.1 Å². The van der Waals surface area contributed by atoms with Crippen LogP contribution in [0.4, 0.5) is 0 Å². The summed E-state index contributed by atoms with van der Waals surface area (Å²) in [6.07, 6.45) is 7.91. The Morgan fingerprint density at radius 3 is 2.54 bits per heavy atom. The van der Waals surface area contributed by atoms with Crippen LogP contribution in [0, 0.1) is 0 Å². The van der Waals surface area contributed by atoms with Crippen LogP contribution in [0.25, 0.3) is 0 Å². The number of hydrogen-bond donors (Lipinski definition) is 2. The Labute approximate surface area is 154 Å². The number of nitrogens with zero attached hydrogens (tertiary/aromatic N) is 1. The van der Waals surface area contributed by atoms with Gasteiger partial charge in [0, 0.05) is 24.3 Å². The van der Waals surface area contributed by atoms with E-state index in [0.717, 1.165) is 32.1 Å². The SMILES string of the molecule is O=C(NC1CCCCC1)c1ccnc(C(=O)NCCc2ccccc2)c1. The third-order valence-corrected chi connectivity index (χ3v) is 4.74. The largest absolute Gasteiger partial charge is 0.350 e. The highest BCUT2D eigenvalue weighted by Gasteiger charge is 2.17. The van der Waals surface area contributed by atoms with Gasteiger partial charge in [0.1, 0.15) is 5.69 Å². The van der Waals surface area contributed by atoms with Crippen LogP contribution in [0.15, 0.2) is 48.7 Å². The maximum absolute atomic E-state index is 12.4. The minimum absolute atomic E-state index is 0.127. The lowest BCUT2D eigenvalue weighted by atomic mass is 9.95. The molecule has 1 aliphatic rings. The van der Waals surface area contributed by atoms with Crippen LogP contribution in [0.1, 0.15) is 58.5 Å². The summed E-state index contributed by atoms with van der Waals surface area (Å²) in [5.74, 6) is -0.383. The molecule has 5 heteroatoms. The van der Waals surface area contributed by atoms with Gasteiger partial charge in [-0.3, -0.25) is 14.6 Å². The maximum Gasteiger partial charge on any atom is 0.269 e.